The Kier molecular flexibility index (Phi) is 2.98. The molecule has 3 rings (SSSR count). The third kappa shape index (κ3) is 2.09. The van der Waals surface area contributed by atoms with Crippen molar-refractivity contribution in [3.05, 3.63) is 29.3 Å². The predicted molar refractivity (Wildman–Crippen MR) is 72.0 cm³/mol. The summed E-state index contributed by atoms with van der Waals surface area (Å²) in [5.41, 5.74) is 9.21. The summed E-state index contributed by atoms with van der Waals surface area (Å²) < 4.78 is 0. The highest BCUT2D eigenvalue weighted by molar-refractivity contribution is 5.80. The lowest BCUT2D eigenvalue weighted by atomic mass is 9.83. The molecule has 3 N–H and O–H groups in total. The maximum atomic E-state index is 12.0. The number of anilines is 1. The summed E-state index contributed by atoms with van der Waals surface area (Å²) in [6.45, 7) is 0. The highest BCUT2D eigenvalue weighted by Gasteiger charge is 2.28. The van der Waals surface area contributed by atoms with Crippen LogP contribution in [0.4, 0.5) is 5.69 Å². The van der Waals surface area contributed by atoms with Crippen molar-refractivity contribution in [2.75, 3.05) is 5.73 Å². The van der Waals surface area contributed by atoms with Gasteiger partial charge in [0.1, 0.15) is 0 Å². The Bertz CT molecular complexity index is 466. The minimum atomic E-state index is 0.197. The molecule has 0 bridgehead atoms. The van der Waals surface area contributed by atoms with Crippen molar-refractivity contribution in [3.63, 3.8) is 0 Å². The first-order valence-electron chi connectivity index (χ1n) is 6.93. The average Bonchev–Trinajstić information content (AvgIpc) is 2.26. The zero-order valence-electron chi connectivity index (χ0n) is 10.6. The Hall–Kier alpha value is -1.51. The minimum Gasteiger partial charge on any atom is -0.399 e. The van der Waals surface area contributed by atoms with Crippen LogP contribution in [-0.4, -0.2) is 5.91 Å². The van der Waals surface area contributed by atoms with E-state index in [1.165, 1.54) is 17.5 Å². The Morgan fingerprint density at radius 2 is 2.06 bits per heavy atom. The van der Waals surface area contributed by atoms with E-state index in [2.05, 4.69) is 17.4 Å². The summed E-state index contributed by atoms with van der Waals surface area (Å²) in [5.74, 6) is 0.514. The Balaban J connectivity index is 1.76. The predicted octanol–water partition coefficient (Wildman–Crippen LogP) is 2.56. The second kappa shape index (κ2) is 4.63. The number of fused-ring (bicyclic) bond motifs is 1. The molecule has 0 aromatic heterocycles. The maximum Gasteiger partial charge on any atom is 0.223 e. The molecule has 3 nitrogen and oxygen atoms in total. The first kappa shape index (κ1) is 11.6. The zero-order chi connectivity index (χ0) is 12.5. The molecule has 2 aliphatic rings. The fourth-order valence-electron chi connectivity index (χ4n) is 2.94. The SMILES string of the molecule is Nc1ccc2c(c1)CCCC2NC(=O)C1CCC1. The maximum absolute atomic E-state index is 12.0. The van der Waals surface area contributed by atoms with E-state index in [4.69, 9.17) is 5.73 Å². The summed E-state index contributed by atoms with van der Waals surface area (Å²) in [4.78, 5) is 12.0. The summed E-state index contributed by atoms with van der Waals surface area (Å²) in [6, 6.07) is 6.27. The molecule has 96 valence electrons. The minimum absolute atomic E-state index is 0.197. The van der Waals surface area contributed by atoms with Crippen molar-refractivity contribution in [3.8, 4) is 0 Å². The van der Waals surface area contributed by atoms with Gasteiger partial charge in [0, 0.05) is 11.6 Å². The fraction of sp³-hybridized carbons (Fsp3) is 0.533. The highest BCUT2D eigenvalue weighted by Crippen LogP contribution is 2.33. The van der Waals surface area contributed by atoms with Gasteiger partial charge in [0.05, 0.1) is 6.04 Å². The molecule has 1 aromatic carbocycles. The van der Waals surface area contributed by atoms with E-state index in [-0.39, 0.29) is 17.9 Å². The van der Waals surface area contributed by atoms with Crippen LogP contribution in [0.25, 0.3) is 0 Å². The Labute approximate surface area is 108 Å². The molecule has 0 spiro atoms. The smallest absolute Gasteiger partial charge is 0.223 e. The van der Waals surface area contributed by atoms with Crippen LogP contribution in [0, 0.1) is 5.92 Å². The van der Waals surface area contributed by atoms with Crippen LogP contribution < -0.4 is 11.1 Å². The van der Waals surface area contributed by atoms with Crippen molar-refractivity contribution in [1.29, 1.82) is 0 Å². The Morgan fingerprint density at radius 3 is 2.78 bits per heavy atom. The molecule has 1 unspecified atom stereocenters. The summed E-state index contributed by atoms with van der Waals surface area (Å²) >= 11 is 0. The van der Waals surface area contributed by atoms with E-state index in [1.807, 2.05) is 6.07 Å². The number of rotatable bonds is 2. The molecule has 1 saturated carbocycles. The summed E-state index contributed by atoms with van der Waals surface area (Å²) in [6.07, 6.45) is 6.59. The van der Waals surface area contributed by atoms with Crippen molar-refractivity contribution in [2.45, 2.75) is 44.6 Å². The number of aryl methyl sites for hydroxylation is 1. The highest BCUT2D eigenvalue weighted by atomic mass is 16.2. The van der Waals surface area contributed by atoms with Crippen molar-refractivity contribution >= 4 is 11.6 Å². The van der Waals surface area contributed by atoms with Gasteiger partial charge in [-0.3, -0.25) is 4.79 Å². The number of benzene rings is 1. The van der Waals surface area contributed by atoms with Gasteiger partial charge in [0.25, 0.3) is 0 Å². The zero-order valence-corrected chi connectivity index (χ0v) is 10.6. The third-order valence-corrected chi connectivity index (χ3v) is 4.27. The molecular formula is C15H20N2O. The van der Waals surface area contributed by atoms with Gasteiger partial charge < -0.3 is 11.1 Å². The molecule has 1 fully saturated rings. The number of amides is 1. The molecule has 1 aromatic rings. The van der Waals surface area contributed by atoms with Crippen LogP contribution in [0.15, 0.2) is 18.2 Å². The van der Waals surface area contributed by atoms with Crippen molar-refractivity contribution < 1.29 is 4.79 Å². The number of nitrogens with two attached hydrogens (primary N) is 1. The number of nitrogens with one attached hydrogen (secondary N) is 1. The molecule has 0 heterocycles. The first-order chi connectivity index (χ1) is 8.74. The lowest BCUT2D eigenvalue weighted by molar-refractivity contribution is -0.128. The van der Waals surface area contributed by atoms with E-state index >= 15 is 0 Å². The number of hydrogen-bond acceptors (Lipinski definition) is 2. The van der Waals surface area contributed by atoms with Gasteiger partial charge in [-0.25, -0.2) is 0 Å². The first-order valence-corrected chi connectivity index (χ1v) is 6.93. The topological polar surface area (TPSA) is 55.1 Å². The number of carbonyl (C=O) groups is 1. The van der Waals surface area contributed by atoms with Crippen molar-refractivity contribution in [2.24, 2.45) is 5.92 Å². The Morgan fingerprint density at radius 1 is 1.22 bits per heavy atom. The van der Waals surface area contributed by atoms with Gasteiger partial charge in [-0.15, -0.1) is 0 Å². The molecule has 3 heteroatoms. The second-order valence-corrected chi connectivity index (χ2v) is 5.54. The van der Waals surface area contributed by atoms with Crippen LogP contribution in [0.2, 0.25) is 0 Å². The van der Waals surface area contributed by atoms with E-state index in [0.717, 1.165) is 37.8 Å². The lowest BCUT2D eigenvalue weighted by Gasteiger charge is -2.30. The normalized spacial score (nSPS) is 23.0. The second-order valence-electron chi connectivity index (χ2n) is 5.54. The third-order valence-electron chi connectivity index (χ3n) is 4.27. The molecule has 0 aliphatic heterocycles. The molecular weight excluding hydrogens is 224 g/mol. The molecule has 18 heavy (non-hydrogen) atoms. The monoisotopic (exact) mass is 244 g/mol. The standard InChI is InChI=1S/C15H20N2O/c16-12-7-8-13-11(9-12)5-2-6-14(13)17-15(18)10-3-1-4-10/h7-10,14H,1-6,16H2,(H,17,18). The molecule has 0 radical (unpaired) electrons. The molecule has 0 saturated heterocycles. The van der Waals surface area contributed by atoms with Gasteiger partial charge in [-0.1, -0.05) is 12.5 Å². The number of carbonyl (C=O) groups excluding carboxylic acids is 1. The van der Waals surface area contributed by atoms with E-state index in [0.29, 0.717) is 0 Å². The summed E-state index contributed by atoms with van der Waals surface area (Å²) in [7, 11) is 0. The largest absolute Gasteiger partial charge is 0.399 e. The van der Waals surface area contributed by atoms with Crippen LogP contribution in [0.5, 0.6) is 0 Å². The quantitative estimate of drug-likeness (QED) is 0.786. The average molecular weight is 244 g/mol. The molecule has 2 aliphatic carbocycles. The van der Waals surface area contributed by atoms with Crippen LogP contribution in [0.1, 0.15) is 49.3 Å². The number of hydrogen-bond donors (Lipinski definition) is 2. The fourth-order valence-corrected chi connectivity index (χ4v) is 2.94. The van der Waals surface area contributed by atoms with Gasteiger partial charge in [0.15, 0.2) is 0 Å². The van der Waals surface area contributed by atoms with E-state index in [9.17, 15) is 4.79 Å². The summed E-state index contributed by atoms with van der Waals surface area (Å²) in [5, 5.41) is 3.22. The lowest BCUT2D eigenvalue weighted by Crippen LogP contribution is -2.38. The van der Waals surface area contributed by atoms with E-state index in [1.54, 1.807) is 0 Å². The van der Waals surface area contributed by atoms with Gasteiger partial charge >= 0.3 is 0 Å². The number of nitrogen functional groups attached to an aromatic ring is 1. The van der Waals surface area contributed by atoms with Crippen LogP contribution in [0.3, 0.4) is 0 Å². The molecule has 1 amide bonds. The van der Waals surface area contributed by atoms with Gasteiger partial charge in [0.2, 0.25) is 5.91 Å². The van der Waals surface area contributed by atoms with Gasteiger partial charge in [-0.2, -0.15) is 0 Å². The van der Waals surface area contributed by atoms with Crippen LogP contribution in [-0.2, 0) is 11.2 Å². The molecule has 1 atom stereocenters. The van der Waals surface area contributed by atoms with Gasteiger partial charge in [-0.05, 0) is 55.4 Å². The van der Waals surface area contributed by atoms with Crippen LogP contribution >= 0.6 is 0 Å². The van der Waals surface area contributed by atoms with Crippen molar-refractivity contribution in [1.82, 2.24) is 5.32 Å². The van der Waals surface area contributed by atoms with E-state index < -0.39 is 0 Å².